The first kappa shape index (κ1) is 11.5. The van der Waals surface area contributed by atoms with E-state index in [-0.39, 0.29) is 0 Å². The third-order valence-electron chi connectivity index (χ3n) is 3.57. The van der Waals surface area contributed by atoms with Crippen LogP contribution in [0, 0.1) is 6.92 Å². The molecular weight excluding hydrogens is 228 g/mol. The van der Waals surface area contributed by atoms with Crippen molar-refractivity contribution in [3.63, 3.8) is 0 Å². The van der Waals surface area contributed by atoms with E-state index in [0.717, 1.165) is 42.9 Å². The molecule has 2 aromatic rings. The summed E-state index contributed by atoms with van der Waals surface area (Å²) in [6.07, 6.45) is 6.44. The Morgan fingerprint density at radius 1 is 1.22 bits per heavy atom. The Kier molecular flexibility index (Phi) is 2.91. The zero-order valence-corrected chi connectivity index (χ0v) is 10.5. The molecule has 0 bridgehead atoms. The van der Waals surface area contributed by atoms with Crippen molar-refractivity contribution in [1.29, 1.82) is 0 Å². The van der Waals surface area contributed by atoms with Crippen LogP contribution in [0.1, 0.15) is 31.5 Å². The number of pyridine rings is 1. The van der Waals surface area contributed by atoms with Crippen molar-refractivity contribution in [3.8, 4) is 5.75 Å². The van der Waals surface area contributed by atoms with Gasteiger partial charge in [-0.2, -0.15) is 0 Å². The van der Waals surface area contributed by atoms with E-state index in [1.807, 2.05) is 29.7 Å². The van der Waals surface area contributed by atoms with Gasteiger partial charge in [-0.05, 0) is 44.7 Å². The molecule has 0 radical (unpaired) electrons. The van der Waals surface area contributed by atoms with E-state index in [9.17, 15) is 0 Å². The molecule has 2 heterocycles. The van der Waals surface area contributed by atoms with Gasteiger partial charge in [0.1, 0.15) is 11.6 Å². The van der Waals surface area contributed by atoms with Crippen LogP contribution < -0.4 is 10.5 Å². The van der Waals surface area contributed by atoms with Crippen LogP contribution in [0.25, 0.3) is 5.65 Å². The van der Waals surface area contributed by atoms with Gasteiger partial charge in [-0.1, -0.05) is 0 Å². The molecule has 1 aliphatic carbocycles. The van der Waals surface area contributed by atoms with E-state index in [0.29, 0.717) is 12.1 Å². The summed E-state index contributed by atoms with van der Waals surface area (Å²) in [5, 5.41) is 8.09. The predicted octanol–water partition coefficient (Wildman–Crippen LogP) is 1.69. The van der Waals surface area contributed by atoms with Gasteiger partial charge >= 0.3 is 0 Å². The van der Waals surface area contributed by atoms with Crippen LogP contribution in [0.2, 0.25) is 0 Å². The van der Waals surface area contributed by atoms with Crippen LogP contribution in [0.15, 0.2) is 18.3 Å². The van der Waals surface area contributed by atoms with Crippen LogP contribution in [-0.4, -0.2) is 26.7 Å². The number of nitrogens with two attached hydrogens (primary N) is 1. The van der Waals surface area contributed by atoms with Crippen molar-refractivity contribution in [1.82, 2.24) is 14.6 Å². The topological polar surface area (TPSA) is 65.4 Å². The van der Waals surface area contributed by atoms with Gasteiger partial charge in [-0.15, -0.1) is 10.2 Å². The summed E-state index contributed by atoms with van der Waals surface area (Å²) in [4.78, 5) is 0. The number of nitrogens with zero attached hydrogens (tertiary/aromatic N) is 3. The molecule has 0 saturated heterocycles. The third-order valence-corrected chi connectivity index (χ3v) is 3.57. The van der Waals surface area contributed by atoms with Crippen LogP contribution in [0.5, 0.6) is 5.75 Å². The van der Waals surface area contributed by atoms with E-state index in [2.05, 4.69) is 10.2 Å². The number of aromatic nitrogens is 3. The predicted molar refractivity (Wildman–Crippen MR) is 68.6 cm³/mol. The van der Waals surface area contributed by atoms with Gasteiger partial charge in [0, 0.05) is 6.04 Å². The zero-order chi connectivity index (χ0) is 12.5. The van der Waals surface area contributed by atoms with Crippen molar-refractivity contribution < 1.29 is 4.74 Å². The Bertz CT molecular complexity index is 543. The summed E-state index contributed by atoms with van der Waals surface area (Å²) in [6.45, 7) is 1.93. The smallest absolute Gasteiger partial charge is 0.161 e. The number of ether oxygens (including phenoxy) is 1. The first-order chi connectivity index (χ1) is 8.72. The molecule has 5 heteroatoms. The van der Waals surface area contributed by atoms with Crippen LogP contribution in [0.3, 0.4) is 0 Å². The lowest BCUT2D eigenvalue weighted by Gasteiger charge is -2.26. The molecule has 2 aromatic heterocycles. The lowest BCUT2D eigenvalue weighted by Crippen LogP contribution is -2.31. The number of aryl methyl sites for hydroxylation is 1. The molecule has 2 N–H and O–H groups in total. The monoisotopic (exact) mass is 246 g/mol. The van der Waals surface area contributed by atoms with Crippen molar-refractivity contribution in [2.45, 2.75) is 44.8 Å². The van der Waals surface area contributed by atoms with E-state index in [1.54, 1.807) is 0 Å². The van der Waals surface area contributed by atoms with Crippen LogP contribution in [-0.2, 0) is 0 Å². The first-order valence-corrected chi connectivity index (χ1v) is 6.46. The van der Waals surface area contributed by atoms with Gasteiger partial charge in [0.25, 0.3) is 0 Å². The molecule has 1 fully saturated rings. The molecule has 18 heavy (non-hydrogen) atoms. The maximum atomic E-state index is 6.00. The summed E-state index contributed by atoms with van der Waals surface area (Å²) < 4.78 is 7.95. The fourth-order valence-corrected chi connectivity index (χ4v) is 2.45. The molecule has 0 atom stereocenters. The Morgan fingerprint density at radius 3 is 2.78 bits per heavy atom. The van der Waals surface area contributed by atoms with E-state index < -0.39 is 0 Å². The Balaban J connectivity index is 1.76. The lowest BCUT2D eigenvalue weighted by molar-refractivity contribution is 0.146. The zero-order valence-electron chi connectivity index (χ0n) is 10.5. The SMILES string of the molecule is Cc1nnc2ccc(OC3CCC(N)CC3)cn12. The Morgan fingerprint density at radius 2 is 2.00 bits per heavy atom. The highest BCUT2D eigenvalue weighted by molar-refractivity contribution is 5.41. The Labute approximate surface area is 106 Å². The molecule has 0 spiro atoms. The number of rotatable bonds is 2. The van der Waals surface area contributed by atoms with Gasteiger partial charge in [-0.25, -0.2) is 0 Å². The van der Waals surface area contributed by atoms with Gasteiger partial charge in [0.15, 0.2) is 5.65 Å². The highest BCUT2D eigenvalue weighted by Gasteiger charge is 2.19. The quantitative estimate of drug-likeness (QED) is 0.875. The Hall–Kier alpha value is -1.62. The van der Waals surface area contributed by atoms with E-state index in [4.69, 9.17) is 10.5 Å². The van der Waals surface area contributed by atoms with Gasteiger partial charge in [0.2, 0.25) is 0 Å². The van der Waals surface area contributed by atoms with Crippen molar-refractivity contribution >= 4 is 5.65 Å². The standard InChI is InChI=1S/C13H18N4O/c1-9-15-16-13-7-6-12(8-17(9)13)18-11-4-2-10(14)3-5-11/h6-8,10-11H,2-5,14H2,1H3. The second-order valence-electron chi connectivity index (χ2n) is 4.99. The third kappa shape index (κ3) is 2.18. The number of hydrogen-bond acceptors (Lipinski definition) is 4. The number of hydrogen-bond donors (Lipinski definition) is 1. The highest BCUT2D eigenvalue weighted by Crippen LogP contribution is 2.23. The fraction of sp³-hybridized carbons (Fsp3) is 0.538. The number of fused-ring (bicyclic) bond motifs is 1. The molecule has 0 amide bonds. The minimum Gasteiger partial charge on any atom is -0.489 e. The lowest BCUT2D eigenvalue weighted by atomic mass is 9.94. The van der Waals surface area contributed by atoms with Crippen molar-refractivity contribution in [2.24, 2.45) is 5.73 Å². The molecule has 96 valence electrons. The summed E-state index contributed by atoms with van der Waals surface area (Å²) in [5.74, 6) is 1.76. The van der Waals surface area contributed by atoms with Crippen molar-refractivity contribution in [2.75, 3.05) is 0 Å². The maximum absolute atomic E-state index is 6.00. The largest absolute Gasteiger partial charge is 0.489 e. The molecule has 0 aromatic carbocycles. The molecule has 0 unspecified atom stereocenters. The fourth-order valence-electron chi connectivity index (χ4n) is 2.45. The average Bonchev–Trinajstić information content (AvgIpc) is 2.74. The summed E-state index contributed by atoms with van der Waals surface area (Å²) >= 11 is 0. The van der Waals surface area contributed by atoms with E-state index >= 15 is 0 Å². The first-order valence-electron chi connectivity index (χ1n) is 6.46. The van der Waals surface area contributed by atoms with Crippen LogP contribution in [0.4, 0.5) is 0 Å². The highest BCUT2D eigenvalue weighted by atomic mass is 16.5. The minimum absolute atomic E-state index is 0.291. The molecule has 1 aliphatic rings. The molecular formula is C13H18N4O. The summed E-state index contributed by atoms with van der Waals surface area (Å²) in [5.41, 5.74) is 6.75. The molecule has 0 aliphatic heterocycles. The minimum atomic E-state index is 0.291. The second kappa shape index (κ2) is 4.57. The second-order valence-corrected chi connectivity index (χ2v) is 4.99. The molecule has 1 saturated carbocycles. The maximum Gasteiger partial charge on any atom is 0.161 e. The van der Waals surface area contributed by atoms with Gasteiger partial charge < -0.3 is 10.5 Å². The van der Waals surface area contributed by atoms with Crippen LogP contribution >= 0.6 is 0 Å². The summed E-state index contributed by atoms with van der Waals surface area (Å²) in [7, 11) is 0. The normalized spacial score (nSPS) is 24.3. The summed E-state index contributed by atoms with van der Waals surface area (Å²) in [6, 6.07) is 4.24. The van der Waals surface area contributed by atoms with E-state index in [1.165, 1.54) is 0 Å². The average molecular weight is 246 g/mol. The molecule has 3 rings (SSSR count). The van der Waals surface area contributed by atoms with Gasteiger partial charge in [0.05, 0.1) is 12.3 Å². The van der Waals surface area contributed by atoms with Gasteiger partial charge in [-0.3, -0.25) is 4.40 Å². The molecule has 5 nitrogen and oxygen atoms in total. The van der Waals surface area contributed by atoms with Crippen molar-refractivity contribution in [3.05, 3.63) is 24.2 Å².